The van der Waals surface area contributed by atoms with Crippen molar-refractivity contribution in [3.05, 3.63) is 89.5 Å². The van der Waals surface area contributed by atoms with Crippen LogP contribution in [0.15, 0.2) is 66.7 Å². The summed E-state index contributed by atoms with van der Waals surface area (Å²) in [6, 6.07) is 16.2. The Labute approximate surface area is 194 Å². The summed E-state index contributed by atoms with van der Waals surface area (Å²) in [5.41, 5.74) is 0.998. The molecule has 0 aromatic heterocycles. The number of benzene rings is 3. The van der Waals surface area contributed by atoms with Gasteiger partial charge in [0, 0.05) is 12.5 Å². The van der Waals surface area contributed by atoms with Crippen LogP contribution < -0.4 is 15.4 Å². The maximum atomic E-state index is 13.6. The number of hydrogen-bond donors (Lipinski definition) is 2. The third-order valence-electron chi connectivity index (χ3n) is 4.76. The number of ether oxygens (including phenoxy) is 2. The Hall–Kier alpha value is -4.27. The molecule has 0 fully saturated rings. The van der Waals surface area contributed by atoms with E-state index in [-0.39, 0.29) is 29.3 Å². The van der Waals surface area contributed by atoms with E-state index < -0.39 is 30.1 Å². The molecule has 0 aliphatic heterocycles. The van der Waals surface area contributed by atoms with E-state index >= 15 is 0 Å². The van der Waals surface area contributed by atoms with Gasteiger partial charge in [-0.05, 0) is 48.4 Å². The van der Waals surface area contributed by atoms with Gasteiger partial charge in [0.2, 0.25) is 5.91 Å². The van der Waals surface area contributed by atoms with Crippen LogP contribution in [0.5, 0.6) is 5.75 Å². The van der Waals surface area contributed by atoms with E-state index in [1.54, 1.807) is 31.4 Å². The predicted molar refractivity (Wildman–Crippen MR) is 122 cm³/mol. The van der Waals surface area contributed by atoms with Crippen molar-refractivity contribution >= 4 is 29.2 Å². The fourth-order valence-corrected chi connectivity index (χ4v) is 3.02. The normalized spacial score (nSPS) is 10.3. The average Bonchev–Trinajstić information content (AvgIpc) is 2.83. The summed E-state index contributed by atoms with van der Waals surface area (Å²) in [6.07, 6.45) is 0.671. The Balaban J connectivity index is 1.54. The molecule has 0 aliphatic carbocycles. The Bertz CT molecular complexity index is 1180. The molecule has 0 spiro atoms. The van der Waals surface area contributed by atoms with E-state index in [2.05, 4.69) is 10.6 Å². The van der Waals surface area contributed by atoms with E-state index in [0.717, 1.165) is 23.4 Å². The summed E-state index contributed by atoms with van der Waals surface area (Å²) in [6.45, 7) is -0.699. The van der Waals surface area contributed by atoms with Gasteiger partial charge in [-0.3, -0.25) is 9.59 Å². The number of hydrogen-bond acceptors (Lipinski definition) is 5. The van der Waals surface area contributed by atoms with Gasteiger partial charge in [-0.1, -0.05) is 24.3 Å². The van der Waals surface area contributed by atoms with Gasteiger partial charge in [-0.15, -0.1) is 0 Å². The second-order valence-corrected chi connectivity index (χ2v) is 7.19. The maximum absolute atomic E-state index is 13.6. The van der Waals surface area contributed by atoms with Crippen LogP contribution >= 0.6 is 0 Å². The quantitative estimate of drug-likeness (QED) is 0.456. The second-order valence-electron chi connectivity index (χ2n) is 7.19. The molecule has 0 heterocycles. The van der Waals surface area contributed by atoms with E-state index in [1.165, 1.54) is 12.1 Å². The van der Waals surface area contributed by atoms with Crippen LogP contribution in [0.3, 0.4) is 0 Å². The van der Waals surface area contributed by atoms with Gasteiger partial charge in [-0.25, -0.2) is 13.6 Å². The van der Waals surface area contributed by atoms with Crippen LogP contribution in [0.1, 0.15) is 22.3 Å². The van der Waals surface area contributed by atoms with E-state index in [9.17, 15) is 23.2 Å². The molecule has 0 aliphatic rings. The highest BCUT2D eigenvalue weighted by Crippen LogP contribution is 2.18. The van der Waals surface area contributed by atoms with Crippen LogP contribution in [0, 0.1) is 11.6 Å². The van der Waals surface area contributed by atoms with Gasteiger partial charge in [0.25, 0.3) is 5.91 Å². The zero-order chi connectivity index (χ0) is 24.5. The molecular formula is C25H22F2N2O5. The number of nitrogens with one attached hydrogen (secondary N) is 2. The SMILES string of the molecule is COc1ccc(CCC(=O)Nc2ccccc2C(=O)OCC(=O)Nc2ccc(F)cc2F)cc1. The van der Waals surface area contributed by atoms with E-state index in [0.29, 0.717) is 12.5 Å². The van der Waals surface area contributed by atoms with Crippen molar-refractivity contribution in [1.29, 1.82) is 0 Å². The standard InChI is InChI=1S/C25H22F2N2O5/c1-33-18-10-6-16(7-11-18)8-13-23(30)28-21-5-3-2-4-19(21)25(32)34-15-24(31)29-22-12-9-17(26)14-20(22)27/h2-7,9-12,14H,8,13,15H2,1H3,(H,28,30)(H,29,31). The first-order chi connectivity index (χ1) is 16.4. The number of methoxy groups -OCH3 is 1. The maximum Gasteiger partial charge on any atom is 0.340 e. The number of rotatable bonds is 9. The van der Waals surface area contributed by atoms with Gasteiger partial charge >= 0.3 is 5.97 Å². The number of amides is 2. The van der Waals surface area contributed by atoms with Gasteiger partial charge in [0.05, 0.1) is 24.0 Å². The Morgan fingerprint density at radius 2 is 1.56 bits per heavy atom. The minimum absolute atomic E-state index is 0.0565. The van der Waals surface area contributed by atoms with Gasteiger partial charge in [0.1, 0.15) is 17.4 Å². The fraction of sp³-hybridized carbons (Fsp3) is 0.160. The van der Waals surface area contributed by atoms with E-state index in [1.807, 2.05) is 12.1 Å². The number of aryl methyl sites for hydroxylation is 1. The molecule has 0 atom stereocenters. The molecule has 7 nitrogen and oxygen atoms in total. The number of esters is 1. The molecule has 0 bridgehead atoms. The molecule has 9 heteroatoms. The zero-order valence-corrected chi connectivity index (χ0v) is 18.3. The lowest BCUT2D eigenvalue weighted by molar-refractivity contribution is -0.119. The van der Waals surface area contributed by atoms with Crippen molar-refractivity contribution in [3.63, 3.8) is 0 Å². The minimum atomic E-state index is -0.956. The molecule has 2 amide bonds. The van der Waals surface area contributed by atoms with Crippen LogP contribution in [0.2, 0.25) is 0 Å². The molecule has 0 radical (unpaired) electrons. The molecule has 0 saturated heterocycles. The zero-order valence-electron chi connectivity index (χ0n) is 18.3. The number of carbonyl (C=O) groups is 3. The summed E-state index contributed by atoms with van der Waals surface area (Å²) in [4.78, 5) is 36.8. The Kier molecular flexibility index (Phi) is 8.28. The van der Waals surface area contributed by atoms with E-state index in [4.69, 9.17) is 9.47 Å². The lowest BCUT2D eigenvalue weighted by Gasteiger charge is -2.11. The molecule has 34 heavy (non-hydrogen) atoms. The van der Waals surface area contributed by atoms with Crippen LogP contribution in [0.4, 0.5) is 20.2 Å². The topological polar surface area (TPSA) is 93.7 Å². The van der Waals surface area contributed by atoms with Crippen molar-refractivity contribution in [3.8, 4) is 5.75 Å². The average molecular weight is 468 g/mol. The van der Waals surface area contributed by atoms with Crippen LogP contribution in [-0.4, -0.2) is 31.5 Å². The highest BCUT2D eigenvalue weighted by Gasteiger charge is 2.17. The molecule has 176 valence electrons. The molecular weight excluding hydrogens is 446 g/mol. The summed E-state index contributed by atoms with van der Waals surface area (Å²) in [5, 5.41) is 4.87. The number of halogens is 2. The van der Waals surface area contributed by atoms with Crippen molar-refractivity contribution in [2.24, 2.45) is 0 Å². The molecule has 3 aromatic rings. The largest absolute Gasteiger partial charge is 0.497 e. The Morgan fingerprint density at radius 3 is 2.26 bits per heavy atom. The first-order valence-corrected chi connectivity index (χ1v) is 10.3. The highest BCUT2D eigenvalue weighted by atomic mass is 19.1. The van der Waals surface area contributed by atoms with Crippen molar-refractivity contribution < 1.29 is 32.6 Å². The van der Waals surface area contributed by atoms with Crippen LogP contribution in [-0.2, 0) is 20.7 Å². The monoisotopic (exact) mass is 468 g/mol. The number of carbonyl (C=O) groups excluding carboxylic acids is 3. The lowest BCUT2D eigenvalue weighted by Crippen LogP contribution is -2.22. The third kappa shape index (κ3) is 6.86. The summed E-state index contributed by atoms with van der Waals surface area (Å²) in [5.74, 6) is -2.98. The molecule has 3 aromatic carbocycles. The van der Waals surface area contributed by atoms with Gasteiger partial charge in [0.15, 0.2) is 6.61 Å². The number of para-hydroxylation sites is 1. The first kappa shape index (κ1) is 24.4. The van der Waals surface area contributed by atoms with Gasteiger partial charge < -0.3 is 20.1 Å². The molecule has 0 saturated carbocycles. The number of anilines is 2. The molecule has 0 unspecified atom stereocenters. The summed E-state index contributed by atoms with van der Waals surface area (Å²) >= 11 is 0. The minimum Gasteiger partial charge on any atom is -0.497 e. The predicted octanol–water partition coefficient (Wildman–Crippen LogP) is 4.34. The lowest BCUT2D eigenvalue weighted by atomic mass is 10.1. The molecule has 2 N–H and O–H groups in total. The second kappa shape index (κ2) is 11.6. The van der Waals surface area contributed by atoms with Gasteiger partial charge in [-0.2, -0.15) is 0 Å². The molecule has 3 rings (SSSR count). The smallest absolute Gasteiger partial charge is 0.340 e. The first-order valence-electron chi connectivity index (χ1n) is 10.3. The summed E-state index contributed by atoms with van der Waals surface area (Å²) < 4.78 is 36.7. The van der Waals surface area contributed by atoms with Crippen molar-refractivity contribution in [1.82, 2.24) is 0 Å². The van der Waals surface area contributed by atoms with Crippen molar-refractivity contribution in [2.45, 2.75) is 12.8 Å². The fourth-order valence-electron chi connectivity index (χ4n) is 3.02. The Morgan fingerprint density at radius 1 is 0.853 bits per heavy atom. The summed E-state index contributed by atoms with van der Waals surface area (Å²) in [7, 11) is 1.57. The third-order valence-corrected chi connectivity index (χ3v) is 4.76. The van der Waals surface area contributed by atoms with Crippen LogP contribution in [0.25, 0.3) is 0 Å². The highest BCUT2D eigenvalue weighted by molar-refractivity contribution is 6.02. The van der Waals surface area contributed by atoms with Crippen molar-refractivity contribution in [2.75, 3.05) is 24.4 Å².